The van der Waals surface area contributed by atoms with Crippen molar-refractivity contribution in [2.75, 3.05) is 11.4 Å². The van der Waals surface area contributed by atoms with Crippen molar-refractivity contribution in [3.8, 4) is 0 Å². The zero-order valence-corrected chi connectivity index (χ0v) is 23.8. The zero-order valence-electron chi connectivity index (χ0n) is 23.8. The Bertz CT molecular complexity index is 1170. The van der Waals surface area contributed by atoms with Crippen LogP contribution in [-0.4, -0.2) is 51.5 Å². The molecule has 8 heteroatoms. The molecule has 0 bridgehead atoms. The highest BCUT2D eigenvalue weighted by Gasteiger charge is 2.47. The standard InChI is InChI=1S/C31H42N4O4/c1-30(2,3)22-13-15-24(16-14-22)35(28(37)25-18-31(4,5)20-34(25)29(38)39)26(21-10-9-17-32-19-21)27(36)33-23-11-7-6-8-12-23/h9-10,13-17,19,23,25-26H,6-8,11-12,18,20H2,1-5H3,(H,33,36)(H,38,39)/t25-,26?/m1/s1. The number of hydrogen-bond donors (Lipinski definition) is 2. The van der Waals surface area contributed by atoms with Crippen LogP contribution in [0.2, 0.25) is 0 Å². The molecular formula is C31H42N4O4. The molecule has 1 unspecified atom stereocenters. The second kappa shape index (κ2) is 11.4. The Kier molecular flexibility index (Phi) is 8.33. The second-order valence-corrected chi connectivity index (χ2v) is 12.8. The van der Waals surface area contributed by atoms with Crippen LogP contribution in [-0.2, 0) is 15.0 Å². The van der Waals surface area contributed by atoms with Crippen molar-refractivity contribution in [3.63, 3.8) is 0 Å². The molecule has 8 nitrogen and oxygen atoms in total. The molecule has 2 fully saturated rings. The van der Waals surface area contributed by atoms with E-state index in [9.17, 15) is 19.5 Å². The number of nitrogens with one attached hydrogen (secondary N) is 1. The average Bonchev–Trinajstić information content (AvgIpc) is 3.23. The van der Waals surface area contributed by atoms with E-state index in [2.05, 4.69) is 31.1 Å². The van der Waals surface area contributed by atoms with Crippen molar-refractivity contribution < 1.29 is 19.5 Å². The molecule has 1 saturated carbocycles. The predicted molar refractivity (Wildman–Crippen MR) is 152 cm³/mol. The molecule has 2 heterocycles. The molecule has 3 amide bonds. The van der Waals surface area contributed by atoms with Gasteiger partial charge >= 0.3 is 6.09 Å². The summed E-state index contributed by atoms with van der Waals surface area (Å²) in [5.74, 6) is -0.679. The summed E-state index contributed by atoms with van der Waals surface area (Å²) in [7, 11) is 0. The van der Waals surface area contributed by atoms with Gasteiger partial charge in [0.2, 0.25) is 5.91 Å². The highest BCUT2D eigenvalue weighted by molar-refractivity contribution is 6.04. The van der Waals surface area contributed by atoms with Gasteiger partial charge in [0.25, 0.3) is 5.91 Å². The van der Waals surface area contributed by atoms with Gasteiger partial charge in [-0.15, -0.1) is 0 Å². The third-order valence-corrected chi connectivity index (χ3v) is 7.96. The van der Waals surface area contributed by atoms with Gasteiger partial charge in [0.1, 0.15) is 12.1 Å². The van der Waals surface area contributed by atoms with E-state index in [1.807, 2.05) is 38.1 Å². The number of carbonyl (C=O) groups is 3. The number of likely N-dealkylation sites (tertiary alicyclic amines) is 1. The highest BCUT2D eigenvalue weighted by Crippen LogP contribution is 2.38. The number of carbonyl (C=O) groups excluding carboxylic acids is 2. The van der Waals surface area contributed by atoms with Gasteiger partial charge in [0.05, 0.1) is 0 Å². The number of amides is 3. The van der Waals surface area contributed by atoms with Crippen LogP contribution in [0.5, 0.6) is 0 Å². The van der Waals surface area contributed by atoms with E-state index in [-0.39, 0.29) is 29.3 Å². The molecule has 1 aromatic heterocycles. The zero-order chi connectivity index (χ0) is 28.4. The number of carboxylic acid groups (broad SMARTS) is 1. The van der Waals surface area contributed by atoms with Crippen LogP contribution in [0.15, 0.2) is 48.8 Å². The first kappa shape index (κ1) is 28.6. The quantitative estimate of drug-likeness (QED) is 0.496. The molecule has 0 radical (unpaired) electrons. The third-order valence-electron chi connectivity index (χ3n) is 7.96. The molecule has 210 valence electrons. The number of hydrogen-bond acceptors (Lipinski definition) is 4. The van der Waals surface area contributed by atoms with Crippen LogP contribution in [0.3, 0.4) is 0 Å². The lowest BCUT2D eigenvalue weighted by molar-refractivity contribution is -0.129. The Hall–Kier alpha value is -3.42. The lowest BCUT2D eigenvalue weighted by Crippen LogP contribution is -2.53. The lowest BCUT2D eigenvalue weighted by atomic mass is 9.87. The van der Waals surface area contributed by atoms with Gasteiger partial charge in [0.15, 0.2) is 0 Å². The van der Waals surface area contributed by atoms with Crippen molar-refractivity contribution in [1.82, 2.24) is 15.2 Å². The Morgan fingerprint density at radius 2 is 1.74 bits per heavy atom. The largest absolute Gasteiger partial charge is 0.465 e. The monoisotopic (exact) mass is 534 g/mol. The molecule has 4 rings (SSSR count). The van der Waals surface area contributed by atoms with Crippen molar-refractivity contribution >= 4 is 23.6 Å². The highest BCUT2D eigenvalue weighted by atomic mass is 16.4. The maximum atomic E-state index is 14.5. The van der Waals surface area contributed by atoms with Crippen molar-refractivity contribution in [2.45, 2.75) is 96.7 Å². The molecular weight excluding hydrogens is 492 g/mol. The topological polar surface area (TPSA) is 103 Å². The number of benzene rings is 1. The second-order valence-electron chi connectivity index (χ2n) is 12.8. The van der Waals surface area contributed by atoms with Crippen LogP contribution in [0, 0.1) is 5.41 Å². The molecule has 2 aliphatic rings. The molecule has 2 N–H and O–H groups in total. The van der Waals surface area contributed by atoms with Crippen LogP contribution in [0.1, 0.15) is 90.3 Å². The van der Waals surface area contributed by atoms with Gasteiger partial charge in [-0.25, -0.2) is 4.79 Å². The maximum absolute atomic E-state index is 14.5. The van der Waals surface area contributed by atoms with E-state index in [1.54, 1.807) is 24.5 Å². The smallest absolute Gasteiger partial charge is 0.407 e. The first-order valence-electron chi connectivity index (χ1n) is 14.0. The molecule has 2 aromatic rings. The minimum absolute atomic E-state index is 0.0478. The third kappa shape index (κ3) is 6.60. The average molecular weight is 535 g/mol. The number of anilines is 1. The van der Waals surface area contributed by atoms with Crippen molar-refractivity contribution in [2.24, 2.45) is 5.41 Å². The van der Waals surface area contributed by atoms with Crippen LogP contribution >= 0.6 is 0 Å². The molecule has 39 heavy (non-hydrogen) atoms. The first-order chi connectivity index (χ1) is 18.4. The summed E-state index contributed by atoms with van der Waals surface area (Å²) in [6, 6.07) is 9.38. The molecule has 1 aliphatic heterocycles. The summed E-state index contributed by atoms with van der Waals surface area (Å²) in [4.78, 5) is 47.7. The van der Waals surface area contributed by atoms with E-state index in [0.717, 1.165) is 37.7 Å². The van der Waals surface area contributed by atoms with Gasteiger partial charge in [-0.05, 0) is 53.9 Å². The minimum atomic E-state index is -1.13. The summed E-state index contributed by atoms with van der Waals surface area (Å²) in [6.45, 7) is 10.5. The van der Waals surface area contributed by atoms with E-state index >= 15 is 0 Å². The van der Waals surface area contributed by atoms with Crippen molar-refractivity contribution in [3.05, 3.63) is 59.9 Å². The minimum Gasteiger partial charge on any atom is -0.465 e. The number of nitrogens with zero attached hydrogens (tertiary/aromatic N) is 3. The molecule has 1 aliphatic carbocycles. The number of rotatable bonds is 6. The Morgan fingerprint density at radius 1 is 1.08 bits per heavy atom. The van der Waals surface area contributed by atoms with Crippen molar-refractivity contribution in [1.29, 1.82) is 0 Å². The fourth-order valence-corrected chi connectivity index (χ4v) is 5.86. The summed E-state index contributed by atoms with van der Waals surface area (Å²) < 4.78 is 0. The Balaban J connectivity index is 1.81. The summed E-state index contributed by atoms with van der Waals surface area (Å²) in [6.07, 6.45) is 7.58. The summed E-state index contributed by atoms with van der Waals surface area (Å²) >= 11 is 0. The van der Waals surface area contributed by atoms with E-state index < -0.39 is 24.1 Å². The van der Waals surface area contributed by atoms with Crippen LogP contribution in [0.4, 0.5) is 10.5 Å². The molecule has 0 spiro atoms. The van der Waals surface area contributed by atoms with E-state index in [1.165, 1.54) is 9.80 Å². The van der Waals surface area contributed by atoms with Crippen LogP contribution in [0.25, 0.3) is 0 Å². The van der Waals surface area contributed by atoms with Gasteiger partial charge in [-0.2, -0.15) is 0 Å². The van der Waals surface area contributed by atoms with Gasteiger partial charge < -0.3 is 10.4 Å². The van der Waals surface area contributed by atoms with Crippen LogP contribution < -0.4 is 10.2 Å². The number of aromatic nitrogens is 1. The van der Waals surface area contributed by atoms with Gasteiger partial charge in [0, 0.05) is 36.2 Å². The fourth-order valence-electron chi connectivity index (χ4n) is 5.86. The first-order valence-corrected chi connectivity index (χ1v) is 14.0. The molecule has 2 atom stereocenters. The molecule has 1 saturated heterocycles. The summed E-state index contributed by atoms with van der Waals surface area (Å²) in [5, 5.41) is 13.2. The normalized spacial score (nSPS) is 20.3. The van der Waals surface area contributed by atoms with Gasteiger partial charge in [-0.3, -0.25) is 24.4 Å². The lowest BCUT2D eigenvalue weighted by Gasteiger charge is -2.36. The Morgan fingerprint density at radius 3 is 2.31 bits per heavy atom. The molecule has 1 aromatic carbocycles. The number of pyridine rings is 1. The Labute approximate surface area is 231 Å². The SMILES string of the molecule is CC1(C)C[C@H](C(=O)N(c2ccc(C(C)(C)C)cc2)C(C(=O)NC2CCCCC2)c2cccnc2)N(C(=O)O)C1. The fraction of sp³-hybridized carbons (Fsp3) is 0.548. The van der Waals surface area contributed by atoms with Gasteiger partial charge in [-0.1, -0.05) is 72.1 Å². The maximum Gasteiger partial charge on any atom is 0.407 e. The summed E-state index contributed by atoms with van der Waals surface area (Å²) in [5.41, 5.74) is 1.77. The predicted octanol–water partition coefficient (Wildman–Crippen LogP) is 5.68. The van der Waals surface area contributed by atoms with E-state index in [0.29, 0.717) is 17.7 Å². The van der Waals surface area contributed by atoms with E-state index in [4.69, 9.17) is 0 Å².